The van der Waals surface area contributed by atoms with Crippen LogP contribution in [0, 0.1) is 5.92 Å². The van der Waals surface area contributed by atoms with Gasteiger partial charge in [0, 0.05) is 6.54 Å². The normalized spacial score (nSPS) is 11.6. The predicted molar refractivity (Wildman–Crippen MR) is 79.1 cm³/mol. The van der Waals surface area contributed by atoms with Crippen molar-refractivity contribution in [2.24, 2.45) is 5.92 Å². The number of hydrogen-bond donors (Lipinski definition) is 2. The summed E-state index contributed by atoms with van der Waals surface area (Å²) in [7, 11) is -3.77. The first kappa shape index (κ1) is 16.9. The van der Waals surface area contributed by atoms with E-state index in [9.17, 15) is 13.2 Å². The van der Waals surface area contributed by atoms with E-state index in [1.165, 1.54) is 12.1 Å². The summed E-state index contributed by atoms with van der Waals surface area (Å²) in [5.74, 6) is 0.122. The van der Waals surface area contributed by atoms with E-state index >= 15 is 0 Å². The summed E-state index contributed by atoms with van der Waals surface area (Å²) in [4.78, 5) is 11.5. The molecule has 0 fully saturated rings. The molecule has 0 heterocycles. The molecule has 2 N–H and O–H groups in total. The third-order valence-corrected chi connectivity index (χ3v) is 4.49. The number of halogens is 1. The van der Waals surface area contributed by atoms with E-state index in [4.69, 9.17) is 11.6 Å². The lowest BCUT2D eigenvalue weighted by molar-refractivity contribution is -0.119. The van der Waals surface area contributed by atoms with E-state index in [2.05, 4.69) is 10.0 Å². The second-order valence-corrected chi connectivity index (χ2v) is 6.93. The zero-order chi connectivity index (χ0) is 15.2. The fourth-order valence-electron chi connectivity index (χ4n) is 1.46. The highest BCUT2D eigenvalue weighted by Crippen LogP contribution is 2.19. The molecular formula is C13H19ClN2O3S. The summed E-state index contributed by atoms with van der Waals surface area (Å²) < 4.78 is 26.2. The van der Waals surface area contributed by atoms with Crippen LogP contribution in [0.3, 0.4) is 0 Å². The molecule has 0 aliphatic heterocycles. The molecule has 1 aromatic carbocycles. The number of amides is 1. The van der Waals surface area contributed by atoms with Crippen LogP contribution in [0.2, 0.25) is 5.02 Å². The average Bonchev–Trinajstić information content (AvgIpc) is 2.36. The van der Waals surface area contributed by atoms with E-state index in [1.807, 2.05) is 13.8 Å². The molecule has 112 valence electrons. The third-order valence-electron chi connectivity index (χ3n) is 2.59. The van der Waals surface area contributed by atoms with Crippen molar-refractivity contribution in [2.75, 3.05) is 13.1 Å². The minimum absolute atomic E-state index is 0.0309. The Morgan fingerprint density at radius 3 is 2.55 bits per heavy atom. The van der Waals surface area contributed by atoms with Gasteiger partial charge < -0.3 is 5.32 Å². The number of carbonyl (C=O) groups is 1. The zero-order valence-electron chi connectivity index (χ0n) is 11.5. The smallest absolute Gasteiger partial charge is 0.242 e. The monoisotopic (exact) mass is 318 g/mol. The van der Waals surface area contributed by atoms with Crippen molar-refractivity contribution in [3.05, 3.63) is 29.3 Å². The number of sulfonamides is 1. The predicted octanol–water partition coefficient (Wildman–Crippen LogP) is 1.78. The maximum Gasteiger partial charge on any atom is 0.242 e. The first-order valence-electron chi connectivity index (χ1n) is 6.34. The molecule has 7 heteroatoms. The number of hydrogen-bond acceptors (Lipinski definition) is 3. The summed E-state index contributed by atoms with van der Waals surface area (Å²) in [6, 6.07) is 6.09. The molecule has 1 aromatic rings. The molecule has 20 heavy (non-hydrogen) atoms. The maximum absolute atomic E-state index is 12.0. The van der Waals surface area contributed by atoms with Crippen molar-refractivity contribution in [3.8, 4) is 0 Å². The van der Waals surface area contributed by atoms with Crippen LogP contribution in [0.4, 0.5) is 0 Å². The van der Waals surface area contributed by atoms with Gasteiger partial charge in [-0.25, -0.2) is 13.1 Å². The highest BCUT2D eigenvalue weighted by molar-refractivity contribution is 7.89. The Hall–Kier alpha value is -1.11. The largest absolute Gasteiger partial charge is 0.355 e. The van der Waals surface area contributed by atoms with Gasteiger partial charge in [0.1, 0.15) is 4.90 Å². The van der Waals surface area contributed by atoms with Crippen molar-refractivity contribution in [1.82, 2.24) is 10.0 Å². The van der Waals surface area contributed by atoms with Gasteiger partial charge in [0.25, 0.3) is 0 Å². The van der Waals surface area contributed by atoms with Gasteiger partial charge in [-0.05, 0) is 24.5 Å². The Bertz CT molecular complexity index is 558. The Morgan fingerprint density at radius 2 is 1.95 bits per heavy atom. The number of benzene rings is 1. The van der Waals surface area contributed by atoms with Gasteiger partial charge >= 0.3 is 0 Å². The highest BCUT2D eigenvalue weighted by Gasteiger charge is 2.18. The van der Waals surface area contributed by atoms with E-state index in [1.54, 1.807) is 12.1 Å². The van der Waals surface area contributed by atoms with Crippen LogP contribution in [0.5, 0.6) is 0 Å². The molecule has 1 rings (SSSR count). The topological polar surface area (TPSA) is 75.3 Å². The number of carbonyl (C=O) groups excluding carboxylic acids is 1. The Balaban J connectivity index is 2.52. The molecule has 0 atom stereocenters. The van der Waals surface area contributed by atoms with Gasteiger partial charge in [-0.2, -0.15) is 0 Å². The molecule has 0 spiro atoms. The molecular weight excluding hydrogens is 300 g/mol. The maximum atomic E-state index is 12.0. The summed E-state index contributed by atoms with van der Waals surface area (Å²) >= 11 is 5.82. The van der Waals surface area contributed by atoms with Crippen molar-refractivity contribution in [3.63, 3.8) is 0 Å². The fourth-order valence-corrected chi connectivity index (χ4v) is 2.96. The minimum atomic E-state index is -3.77. The Morgan fingerprint density at radius 1 is 1.30 bits per heavy atom. The number of nitrogens with one attached hydrogen (secondary N) is 2. The van der Waals surface area contributed by atoms with Crippen molar-refractivity contribution in [1.29, 1.82) is 0 Å². The zero-order valence-corrected chi connectivity index (χ0v) is 13.1. The van der Waals surface area contributed by atoms with Gasteiger partial charge in [0.05, 0.1) is 11.6 Å². The molecule has 0 saturated heterocycles. The van der Waals surface area contributed by atoms with Crippen LogP contribution in [0.1, 0.15) is 20.3 Å². The number of rotatable bonds is 7. The quantitative estimate of drug-likeness (QED) is 0.804. The van der Waals surface area contributed by atoms with E-state index in [0.29, 0.717) is 12.5 Å². The molecule has 0 aliphatic rings. The lowest BCUT2D eigenvalue weighted by Gasteiger charge is -2.09. The molecule has 0 bridgehead atoms. The fraction of sp³-hybridized carbons (Fsp3) is 0.462. The standard InChI is InChI=1S/C13H19ClN2O3S/c1-10(2)7-8-15-13(17)9-16-20(18,19)12-6-4-3-5-11(12)14/h3-6,10,16H,7-9H2,1-2H3,(H,15,17). The van der Waals surface area contributed by atoms with Crippen LogP contribution >= 0.6 is 11.6 Å². The van der Waals surface area contributed by atoms with Gasteiger partial charge in [0.15, 0.2) is 0 Å². The molecule has 1 amide bonds. The SMILES string of the molecule is CC(C)CCNC(=O)CNS(=O)(=O)c1ccccc1Cl. The first-order valence-corrected chi connectivity index (χ1v) is 8.20. The second kappa shape index (κ2) is 7.61. The molecule has 5 nitrogen and oxygen atoms in total. The van der Waals surface area contributed by atoms with Gasteiger partial charge in [-0.15, -0.1) is 0 Å². The lowest BCUT2D eigenvalue weighted by Crippen LogP contribution is -2.37. The van der Waals surface area contributed by atoms with Crippen molar-refractivity contribution >= 4 is 27.5 Å². The second-order valence-electron chi connectivity index (χ2n) is 4.79. The lowest BCUT2D eigenvalue weighted by atomic mass is 10.1. The van der Waals surface area contributed by atoms with Gasteiger partial charge in [-0.3, -0.25) is 4.79 Å². The summed E-state index contributed by atoms with van der Waals surface area (Å²) in [5, 5.41) is 2.78. The first-order chi connectivity index (χ1) is 9.33. The van der Waals surface area contributed by atoms with Crippen LogP contribution in [0.15, 0.2) is 29.2 Å². The van der Waals surface area contributed by atoms with E-state index < -0.39 is 10.0 Å². The van der Waals surface area contributed by atoms with Crippen LogP contribution in [0.25, 0.3) is 0 Å². The molecule has 0 unspecified atom stereocenters. The van der Waals surface area contributed by atoms with Crippen molar-refractivity contribution in [2.45, 2.75) is 25.2 Å². The third kappa shape index (κ3) is 5.48. The Labute approximate surface area is 124 Å². The minimum Gasteiger partial charge on any atom is -0.355 e. The van der Waals surface area contributed by atoms with E-state index in [-0.39, 0.29) is 22.4 Å². The van der Waals surface area contributed by atoms with Gasteiger partial charge in [-0.1, -0.05) is 37.6 Å². The Kier molecular flexibility index (Phi) is 6.45. The molecule has 0 aromatic heterocycles. The van der Waals surface area contributed by atoms with Crippen LogP contribution in [-0.4, -0.2) is 27.4 Å². The highest BCUT2D eigenvalue weighted by atomic mass is 35.5. The van der Waals surface area contributed by atoms with Crippen LogP contribution < -0.4 is 10.0 Å². The van der Waals surface area contributed by atoms with Crippen molar-refractivity contribution < 1.29 is 13.2 Å². The van der Waals surface area contributed by atoms with Crippen LogP contribution in [-0.2, 0) is 14.8 Å². The summed E-state index contributed by atoms with van der Waals surface area (Å²) in [5.41, 5.74) is 0. The molecule has 0 radical (unpaired) electrons. The van der Waals surface area contributed by atoms with Gasteiger partial charge in [0.2, 0.25) is 15.9 Å². The summed E-state index contributed by atoms with van der Waals surface area (Å²) in [6.45, 7) is 4.33. The molecule has 0 aliphatic carbocycles. The molecule has 0 saturated carbocycles. The average molecular weight is 319 g/mol. The van der Waals surface area contributed by atoms with E-state index in [0.717, 1.165) is 6.42 Å². The summed E-state index contributed by atoms with van der Waals surface area (Å²) in [6.07, 6.45) is 0.850.